The molecule has 5 heteroatoms. The highest BCUT2D eigenvalue weighted by Gasteiger charge is 2.35. The van der Waals surface area contributed by atoms with Crippen LogP contribution in [0.5, 0.6) is 0 Å². The number of nitrogens with one attached hydrogen (secondary N) is 1. The van der Waals surface area contributed by atoms with Gasteiger partial charge in [-0.2, -0.15) is 13.2 Å². The molecular weight excluding hydrogens is 349 g/mol. The first-order valence-electron chi connectivity index (χ1n) is 8.93. The van der Waals surface area contributed by atoms with Gasteiger partial charge in [0.15, 0.2) is 0 Å². The van der Waals surface area contributed by atoms with Crippen molar-refractivity contribution >= 4 is 11.4 Å². The average molecular weight is 374 g/mol. The van der Waals surface area contributed by atoms with Crippen molar-refractivity contribution in [3.05, 3.63) is 77.0 Å². The van der Waals surface area contributed by atoms with Crippen LogP contribution in [0.25, 0.3) is 0 Å². The van der Waals surface area contributed by atoms with E-state index in [2.05, 4.69) is 10.3 Å². The highest BCUT2D eigenvalue weighted by Crippen LogP contribution is 2.27. The highest BCUT2D eigenvalue weighted by atomic mass is 19.4. The predicted octanol–water partition coefficient (Wildman–Crippen LogP) is 6.77. The minimum Gasteiger partial charge on any atom is -0.359 e. The molecule has 2 aromatic carbocycles. The van der Waals surface area contributed by atoms with Gasteiger partial charge in [0, 0.05) is 11.4 Å². The SMILES string of the molecule is CC[C@H](N=C(/C=C(/C)Nc1c(C)cccc1C)C(F)(F)F)c1ccccc1. The van der Waals surface area contributed by atoms with Crippen LogP contribution >= 0.6 is 0 Å². The maximum absolute atomic E-state index is 13.6. The van der Waals surface area contributed by atoms with Crippen LogP contribution in [0.4, 0.5) is 18.9 Å². The minimum absolute atomic E-state index is 0.395. The lowest BCUT2D eigenvalue weighted by atomic mass is 10.0. The van der Waals surface area contributed by atoms with Gasteiger partial charge in [-0.1, -0.05) is 55.5 Å². The van der Waals surface area contributed by atoms with Crippen LogP contribution in [0.3, 0.4) is 0 Å². The molecule has 1 atom stereocenters. The molecule has 2 rings (SSSR count). The lowest BCUT2D eigenvalue weighted by Gasteiger charge is -2.16. The van der Waals surface area contributed by atoms with Crippen LogP contribution in [0, 0.1) is 13.8 Å². The van der Waals surface area contributed by atoms with Crippen LogP contribution in [0.15, 0.2) is 65.3 Å². The monoisotopic (exact) mass is 374 g/mol. The predicted molar refractivity (Wildman–Crippen MR) is 106 cm³/mol. The van der Waals surface area contributed by atoms with Gasteiger partial charge in [0.25, 0.3) is 0 Å². The van der Waals surface area contributed by atoms with Gasteiger partial charge in [0.1, 0.15) is 5.71 Å². The van der Waals surface area contributed by atoms with Gasteiger partial charge in [-0.05, 0) is 50.0 Å². The number of para-hydroxylation sites is 1. The Morgan fingerprint density at radius 1 is 1.04 bits per heavy atom. The van der Waals surface area contributed by atoms with Crippen LogP contribution < -0.4 is 5.32 Å². The Bertz CT molecular complexity index is 801. The summed E-state index contributed by atoms with van der Waals surface area (Å²) in [7, 11) is 0. The van der Waals surface area contributed by atoms with E-state index in [-0.39, 0.29) is 0 Å². The summed E-state index contributed by atoms with van der Waals surface area (Å²) in [4.78, 5) is 4.04. The third kappa shape index (κ3) is 5.71. The third-order valence-electron chi connectivity index (χ3n) is 4.31. The Hall–Kier alpha value is -2.56. The maximum Gasteiger partial charge on any atom is 0.432 e. The molecule has 0 saturated carbocycles. The van der Waals surface area contributed by atoms with Crippen molar-refractivity contribution in [3.63, 3.8) is 0 Å². The standard InChI is InChI=1S/C22H25F3N2/c1-5-19(18-12-7-6-8-13-18)27-20(22(23,24)25)14-17(4)26-21-15(2)10-9-11-16(21)3/h6-14,19,26H,5H2,1-4H3/b17-14-,27-20?/t19-/m0/s1. The quantitative estimate of drug-likeness (QED) is 0.554. The van der Waals surface area contributed by atoms with E-state index in [1.54, 1.807) is 19.1 Å². The van der Waals surface area contributed by atoms with Gasteiger partial charge in [0.05, 0.1) is 6.04 Å². The number of anilines is 1. The molecule has 0 aliphatic heterocycles. The lowest BCUT2D eigenvalue weighted by molar-refractivity contribution is -0.0581. The first-order valence-corrected chi connectivity index (χ1v) is 8.93. The van der Waals surface area contributed by atoms with Crippen LogP contribution in [0.2, 0.25) is 0 Å². The number of halogens is 3. The Morgan fingerprint density at radius 2 is 1.63 bits per heavy atom. The summed E-state index contributed by atoms with van der Waals surface area (Å²) in [5.41, 5.74) is 3.06. The second-order valence-electron chi connectivity index (χ2n) is 6.57. The van der Waals surface area contributed by atoms with Gasteiger partial charge < -0.3 is 5.32 Å². The van der Waals surface area contributed by atoms with E-state index in [1.807, 2.05) is 57.2 Å². The molecule has 1 N–H and O–H groups in total. The molecule has 0 saturated heterocycles. The molecule has 0 fully saturated rings. The second kappa shape index (κ2) is 8.89. The molecule has 0 spiro atoms. The largest absolute Gasteiger partial charge is 0.432 e. The zero-order valence-electron chi connectivity index (χ0n) is 16.1. The van der Waals surface area contributed by atoms with Gasteiger partial charge >= 0.3 is 6.18 Å². The molecule has 0 bridgehead atoms. The summed E-state index contributed by atoms with van der Waals surface area (Å²) in [6, 6.07) is 14.3. The Morgan fingerprint density at radius 3 is 2.15 bits per heavy atom. The van der Waals surface area contributed by atoms with Gasteiger partial charge in [0.2, 0.25) is 0 Å². The molecule has 27 heavy (non-hydrogen) atoms. The normalized spacial score (nSPS) is 14.2. The minimum atomic E-state index is -4.52. The number of allylic oxidation sites excluding steroid dienone is 2. The number of rotatable bonds is 6. The summed E-state index contributed by atoms with van der Waals surface area (Å²) in [5, 5.41) is 3.09. The van der Waals surface area contributed by atoms with E-state index in [0.29, 0.717) is 12.1 Å². The molecule has 0 aliphatic rings. The van der Waals surface area contributed by atoms with E-state index in [1.165, 1.54) is 0 Å². The van der Waals surface area contributed by atoms with Crippen molar-refractivity contribution in [2.45, 2.75) is 46.3 Å². The summed E-state index contributed by atoms with van der Waals surface area (Å²) < 4.78 is 40.8. The zero-order chi connectivity index (χ0) is 20.0. The lowest BCUT2D eigenvalue weighted by Crippen LogP contribution is -2.23. The molecule has 0 aliphatic carbocycles. The number of benzene rings is 2. The van der Waals surface area contributed by atoms with E-state index in [4.69, 9.17) is 0 Å². The molecule has 0 aromatic heterocycles. The number of alkyl halides is 3. The van der Waals surface area contributed by atoms with Gasteiger partial charge in [-0.15, -0.1) is 0 Å². The topological polar surface area (TPSA) is 24.4 Å². The molecule has 2 aromatic rings. The van der Waals surface area contributed by atoms with E-state index in [9.17, 15) is 13.2 Å². The second-order valence-corrected chi connectivity index (χ2v) is 6.57. The van der Waals surface area contributed by atoms with E-state index >= 15 is 0 Å². The highest BCUT2D eigenvalue weighted by molar-refractivity contribution is 6.00. The van der Waals surface area contributed by atoms with Crippen LogP contribution in [-0.4, -0.2) is 11.9 Å². The molecule has 2 nitrogen and oxygen atoms in total. The molecule has 144 valence electrons. The first-order chi connectivity index (χ1) is 12.7. The van der Waals surface area contributed by atoms with E-state index < -0.39 is 17.9 Å². The summed E-state index contributed by atoms with van der Waals surface area (Å²) in [6.45, 7) is 7.30. The number of aryl methyl sites for hydroxylation is 2. The average Bonchev–Trinajstić information content (AvgIpc) is 2.61. The van der Waals surface area contributed by atoms with Crippen molar-refractivity contribution in [3.8, 4) is 0 Å². The summed E-state index contributed by atoms with van der Waals surface area (Å²) >= 11 is 0. The smallest absolute Gasteiger partial charge is 0.359 e. The first kappa shape index (κ1) is 20.7. The van der Waals surface area contributed by atoms with E-state index in [0.717, 1.165) is 28.5 Å². The van der Waals surface area contributed by atoms with Gasteiger partial charge in [-0.25, -0.2) is 0 Å². The van der Waals surface area contributed by atoms with Crippen molar-refractivity contribution < 1.29 is 13.2 Å². The van der Waals surface area contributed by atoms with Crippen molar-refractivity contribution in [2.75, 3.05) is 5.32 Å². The fourth-order valence-corrected chi connectivity index (χ4v) is 2.89. The summed E-state index contributed by atoms with van der Waals surface area (Å²) in [6.07, 6.45) is -2.95. The van der Waals surface area contributed by atoms with Crippen LogP contribution in [0.1, 0.15) is 43.0 Å². The summed E-state index contributed by atoms with van der Waals surface area (Å²) in [5.74, 6) is 0. The number of hydrogen-bond donors (Lipinski definition) is 1. The third-order valence-corrected chi connectivity index (χ3v) is 4.31. The zero-order valence-corrected chi connectivity index (χ0v) is 16.1. The maximum atomic E-state index is 13.6. The number of nitrogens with zero attached hydrogens (tertiary/aromatic N) is 1. The number of aliphatic imine (C=N–C) groups is 1. The molecule has 0 unspecified atom stereocenters. The molecule has 0 heterocycles. The van der Waals surface area contributed by atoms with Crippen LogP contribution in [-0.2, 0) is 0 Å². The van der Waals surface area contributed by atoms with Crippen molar-refractivity contribution in [1.82, 2.24) is 0 Å². The Kier molecular flexibility index (Phi) is 6.83. The van der Waals surface area contributed by atoms with Crippen molar-refractivity contribution in [1.29, 1.82) is 0 Å². The fraction of sp³-hybridized carbons (Fsp3) is 0.318. The van der Waals surface area contributed by atoms with Gasteiger partial charge in [-0.3, -0.25) is 4.99 Å². The molecular formula is C22H25F3N2. The molecule has 0 amide bonds. The molecule has 0 radical (unpaired) electrons. The Balaban J connectivity index is 2.37. The van der Waals surface area contributed by atoms with Crippen molar-refractivity contribution in [2.24, 2.45) is 4.99 Å². The Labute approximate surface area is 158 Å². The fourth-order valence-electron chi connectivity index (χ4n) is 2.89. The number of hydrogen-bond acceptors (Lipinski definition) is 2.